The van der Waals surface area contributed by atoms with Gasteiger partial charge in [0, 0.05) is 18.7 Å². The van der Waals surface area contributed by atoms with Crippen molar-refractivity contribution < 1.29 is 14.4 Å². The quantitative estimate of drug-likeness (QED) is 0.851. The minimum Gasteiger partial charge on any atom is -0.477 e. The van der Waals surface area contributed by atoms with Crippen LogP contribution >= 0.6 is 12.4 Å². The van der Waals surface area contributed by atoms with Gasteiger partial charge in [-0.3, -0.25) is 0 Å². The summed E-state index contributed by atoms with van der Waals surface area (Å²) < 4.78 is 5.46. The minimum absolute atomic E-state index is 0. The Morgan fingerprint density at radius 1 is 1.27 bits per heavy atom. The van der Waals surface area contributed by atoms with Crippen LogP contribution in [0.2, 0.25) is 0 Å². The zero-order valence-corrected chi connectivity index (χ0v) is 15.5. The Labute approximate surface area is 159 Å². The lowest BCUT2D eigenvalue weighted by Crippen LogP contribution is -2.33. The van der Waals surface area contributed by atoms with Crippen LogP contribution in [-0.4, -0.2) is 42.4 Å². The molecule has 0 radical (unpaired) electrons. The van der Waals surface area contributed by atoms with Crippen molar-refractivity contribution in [2.24, 2.45) is 11.8 Å². The summed E-state index contributed by atoms with van der Waals surface area (Å²) in [4.78, 5) is 13.9. The van der Waals surface area contributed by atoms with Crippen molar-refractivity contribution in [1.29, 1.82) is 0 Å². The molecule has 4 rings (SSSR count). The number of fused-ring (bicyclic) bond motifs is 1. The standard InChI is InChI=1S/C19H23N3O3.ClH/c1-22(15-9-13-7-8-20-11-14(13)10-15)18-16(19(23)24)17(25-21-18)12-5-3-2-4-6-12;/h2-6,13-15,20H,7-11H2,1H3,(H,23,24);1H/t13-,14-,15+;/m1./s1. The summed E-state index contributed by atoms with van der Waals surface area (Å²) in [5.41, 5.74) is 0.887. The molecule has 1 saturated heterocycles. The molecular formula is C19H24ClN3O3. The van der Waals surface area contributed by atoms with Gasteiger partial charge in [-0.1, -0.05) is 35.5 Å². The second-order valence-corrected chi connectivity index (χ2v) is 7.13. The van der Waals surface area contributed by atoms with Crippen LogP contribution in [0.5, 0.6) is 0 Å². The first-order chi connectivity index (χ1) is 12.1. The summed E-state index contributed by atoms with van der Waals surface area (Å²) in [6.07, 6.45) is 3.37. The third-order valence-electron chi connectivity index (χ3n) is 5.72. The number of aromatic nitrogens is 1. The molecule has 0 spiro atoms. The zero-order chi connectivity index (χ0) is 17.4. The Bertz CT molecular complexity index is 751. The largest absolute Gasteiger partial charge is 0.477 e. The maximum atomic E-state index is 11.9. The number of nitrogens with one attached hydrogen (secondary N) is 1. The summed E-state index contributed by atoms with van der Waals surface area (Å²) in [7, 11) is 1.94. The van der Waals surface area contributed by atoms with Crippen LogP contribution in [0.15, 0.2) is 34.9 Å². The maximum absolute atomic E-state index is 11.9. The number of piperidine rings is 1. The fourth-order valence-electron chi connectivity index (χ4n) is 4.35. The number of anilines is 1. The van der Waals surface area contributed by atoms with Crippen molar-refractivity contribution in [2.75, 3.05) is 25.0 Å². The summed E-state index contributed by atoms with van der Waals surface area (Å²) >= 11 is 0. The molecule has 1 aromatic heterocycles. The average molecular weight is 378 g/mol. The smallest absolute Gasteiger partial charge is 0.343 e. The zero-order valence-electron chi connectivity index (χ0n) is 14.7. The monoisotopic (exact) mass is 377 g/mol. The van der Waals surface area contributed by atoms with Crippen LogP contribution in [0.1, 0.15) is 29.6 Å². The number of rotatable bonds is 4. The molecule has 1 aliphatic carbocycles. The van der Waals surface area contributed by atoms with Gasteiger partial charge in [-0.05, 0) is 44.2 Å². The highest BCUT2D eigenvalue weighted by atomic mass is 35.5. The van der Waals surface area contributed by atoms with Crippen molar-refractivity contribution in [1.82, 2.24) is 10.5 Å². The van der Waals surface area contributed by atoms with E-state index in [9.17, 15) is 9.90 Å². The van der Waals surface area contributed by atoms with E-state index in [1.54, 1.807) is 0 Å². The highest BCUT2D eigenvalue weighted by Crippen LogP contribution is 2.40. The van der Waals surface area contributed by atoms with E-state index in [1.807, 2.05) is 42.3 Å². The Hall–Kier alpha value is -2.05. The van der Waals surface area contributed by atoms with Crippen molar-refractivity contribution in [3.63, 3.8) is 0 Å². The first kappa shape index (κ1) is 18.7. The number of halogens is 1. The van der Waals surface area contributed by atoms with Crippen LogP contribution in [0, 0.1) is 11.8 Å². The molecule has 26 heavy (non-hydrogen) atoms. The molecule has 1 aromatic carbocycles. The van der Waals surface area contributed by atoms with E-state index in [2.05, 4.69) is 10.5 Å². The molecule has 2 aromatic rings. The van der Waals surface area contributed by atoms with Crippen molar-refractivity contribution in [3.8, 4) is 11.3 Å². The number of nitrogens with zero attached hydrogens (tertiary/aromatic N) is 2. The molecule has 2 aliphatic rings. The Balaban J connectivity index is 0.00000196. The number of aromatic carboxylic acids is 1. The van der Waals surface area contributed by atoms with E-state index in [0.29, 0.717) is 23.5 Å². The molecule has 2 heterocycles. The third kappa shape index (κ3) is 3.31. The lowest BCUT2D eigenvalue weighted by molar-refractivity contribution is 0.0698. The van der Waals surface area contributed by atoms with Gasteiger partial charge in [-0.25, -0.2) is 4.79 Å². The molecule has 0 bridgehead atoms. The molecule has 7 heteroatoms. The molecular weight excluding hydrogens is 354 g/mol. The van der Waals surface area contributed by atoms with Crippen LogP contribution in [0.25, 0.3) is 11.3 Å². The van der Waals surface area contributed by atoms with Gasteiger partial charge in [0.15, 0.2) is 17.1 Å². The van der Waals surface area contributed by atoms with Gasteiger partial charge in [-0.15, -0.1) is 12.4 Å². The summed E-state index contributed by atoms with van der Waals surface area (Å²) in [5.74, 6) is 1.16. The first-order valence-corrected chi connectivity index (χ1v) is 8.87. The van der Waals surface area contributed by atoms with Gasteiger partial charge in [-0.2, -0.15) is 0 Å². The van der Waals surface area contributed by atoms with Gasteiger partial charge < -0.3 is 19.8 Å². The van der Waals surface area contributed by atoms with Crippen LogP contribution in [0.3, 0.4) is 0 Å². The molecule has 2 fully saturated rings. The molecule has 3 atom stereocenters. The van der Waals surface area contributed by atoms with E-state index < -0.39 is 5.97 Å². The number of benzene rings is 1. The van der Waals surface area contributed by atoms with Gasteiger partial charge in [0.25, 0.3) is 0 Å². The lowest BCUT2D eigenvalue weighted by Gasteiger charge is -2.25. The summed E-state index contributed by atoms with van der Waals surface area (Å²) in [6.45, 7) is 2.15. The van der Waals surface area contributed by atoms with Gasteiger partial charge in [0.1, 0.15) is 0 Å². The molecule has 140 valence electrons. The fraction of sp³-hybridized carbons (Fsp3) is 0.474. The van der Waals surface area contributed by atoms with Gasteiger partial charge in [0.05, 0.1) is 0 Å². The Morgan fingerprint density at radius 3 is 2.69 bits per heavy atom. The van der Waals surface area contributed by atoms with E-state index in [1.165, 1.54) is 6.42 Å². The minimum atomic E-state index is -1.00. The van der Waals surface area contributed by atoms with Crippen molar-refractivity contribution >= 4 is 24.2 Å². The van der Waals surface area contributed by atoms with Crippen molar-refractivity contribution in [3.05, 3.63) is 35.9 Å². The summed E-state index contributed by atoms with van der Waals surface area (Å²) in [6, 6.07) is 9.60. The SMILES string of the molecule is CN(c1noc(-c2ccccc2)c1C(=O)O)[C@H]1C[C@H]2CCNC[C@H]2C1.Cl. The fourth-order valence-corrected chi connectivity index (χ4v) is 4.35. The topological polar surface area (TPSA) is 78.6 Å². The maximum Gasteiger partial charge on any atom is 0.343 e. The van der Waals surface area contributed by atoms with Crippen LogP contribution in [-0.2, 0) is 0 Å². The number of carboxylic acid groups (broad SMARTS) is 1. The molecule has 6 nitrogen and oxygen atoms in total. The second kappa shape index (κ2) is 7.68. The first-order valence-electron chi connectivity index (χ1n) is 8.87. The van der Waals surface area contributed by atoms with E-state index in [-0.39, 0.29) is 18.0 Å². The highest BCUT2D eigenvalue weighted by Gasteiger charge is 2.39. The van der Waals surface area contributed by atoms with Crippen LogP contribution in [0.4, 0.5) is 5.82 Å². The number of hydrogen-bond acceptors (Lipinski definition) is 5. The predicted octanol–water partition coefficient (Wildman–Crippen LogP) is 3.29. The van der Waals surface area contributed by atoms with Crippen molar-refractivity contribution in [2.45, 2.75) is 25.3 Å². The number of carbonyl (C=O) groups is 1. The third-order valence-corrected chi connectivity index (χ3v) is 5.72. The molecule has 0 unspecified atom stereocenters. The van der Waals surface area contributed by atoms with E-state index in [0.717, 1.165) is 37.4 Å². The van der Waals surface area contributed by atoms with E-state index >= 15 is 0 Å². The Kier molecular flexibility index (Phi) is 5.53. The number of hydrogen-bond donors (Lipinski definition) is 2. The second-order valence-electron chi connectivity index (χ2n) is 7.13. The van der Waals surface area contributed by atoms with Crippen LogP contribution < -0.4 is 10.2 Å². The molecule has 2 N–H and O–H groups in total. The highest BCUT2D eigenvalue weighted by molar-refractivity contribution is 5.99. The molecule has 1 saturated carbocycles. The van der Waals surface area contributed by atoms with Gasteiger partial charge >= 0.3 is 5.97 Å². The van der Waals surface area contributed by atoms with Gasteiger partial charge in [0.2, 0.25) is 0 Å². The number of carboxylic acids is 1. The lowest BCUT2D eigenvalue weighted by atomic mass is 9.90. The molecule has 0 amide bonds. The van der Waals surface area contributed by atoms with E-state index in [4.69, 9.17) is 4.52 Å². The average Bonchev–Trinajstić information content (AvgIpc) is 3.26. The normalized spacial score (nSPS) is 24.6. The summed E-state index contributed by atoms with van der Waals surface area (Å²) in [5, 5.41) is 17.4. The predicted molar refractivity (Wildman–Crippen MR) is 102 cm³/mol. The molecule has 1 aliphatic heterocycles. The Morgan fingerprint density at radius 2 is 2.00 bits per heavy atom.